The van der Waals surface area contributed by atoms with Gasteiger partial charge < -0.3 is 14.5 Å². The lowest BCUT2D eigenvalue weighted by molar-refractivity contribution is 0.0223. The first-order chi connectivity index (χ1) is 12.6. The molecule has 1 fully saturated rings. The molecule has 0 aromatic heterocycles. The second-order valence-electron chi connectivity index (χ2n) is 8.25. The number of halogens is 2. The third-order valence-electron chi connectivity index (χ3n) is 4.45. The van der Waals surface area contributed by atoms with Crippen LogP contribution >= 0.6 is 11.6 Å². The molecule has 1 aliphatic heterocycles. The molecular weight excluding hydrogens is 369 g/mol. The van der Waals surface area contributed by atoms with Crippen LogP contribution < -0.4 is 4.90 Å². The van der Waals surface area contributed by atoms with Crippen molar-refractivity contribution in [3.05, 3.63) is 29.0 Å². The monoisotopic (exact) mass is 399 g/mol. The van der Waals surface area contributed by atoms with E-state index in [0.717, 1.165) is 38.0 Å². The number of carbonyl (C=O) groups excluding carboxylic acids is 1. The molecule has 1 amide bonds. The highest BCUT2D eigenvalue weighted by Gasteiger charge is 2.36. The summed E-state index contributed by atoms with van der Waals surface area (Å²) >= 11 is 6.02. The van der Waals surface area contributed by atoms with Crippen LogP contribution in [0.1, 0.15) is 40.0 Å². The molecule has 1 atom stereocenters. The van der Waals surface area contributed by atoms with Gasteiger partial charge in [0.2, 0.25) is 0 Å². The molecule has 0 bridgehead atoms. The highest BCUT2D eigenvalue weighted by atomic mass is 35.5. The van der Waals surface area contributed by atoms with Crippen molar-refractivity contribution in [1.29, 1.82) is 0 Å². The first-order valence-corrected chi connectivity index (χ1v) is 9.82. The van der Waals surface area contributed by atoms with E-state index < -0.39 is 11.4 Å². The van der Waals surface area contributed by atoms with Crippen molar-refractivity contribution < 1.29 is 13.9 Å². The van der Waals surface area contributed by atoms with E-state index in [2.05, 4.69) is 9.80 Å². The van der Waals surface area contributed by atoms with E-state index >= 15 is 0 Å². The van der Waals surface area contributed by atoms with Crippen molar-refractivity contribution in [3.63, 3.8) is 0 Å². The average Bonchev–Trinajstić information content (AvgIpc) is 3.02. The van der Waals surface area contributed by atoms with E-state index in [4.69, 9.17) is 16.3 Å². The zero-order chi connectivity index (χ0) is 20.2. The van der Waals surface area contributed by atoms with E-state index in [9.17, 15) is 9.18 Å². The van der Waals surface area contributed by atoms with E-state index in [1.165, 1.54) is 6.07 Å². The van der Waals surface area contributed by atoms with Gasteiger partial charge in [-0.1, -0.05) is 11.6 Å². The van der Waals surface area contributed by atoms with Gasteiger partial charge in [0.15, 0.2) is 0 Å². The summed E-state index contributed by atoms with van der Waals surface area (Å²) in [5, 5.41) is 0.0897. The topological polar surface area (TPSA) is 36.0 Å². The molecular formula is C20H31ClFN3O2. The molecule has 0 spiro atoms. The number of hydrogen-bond acceptors (Lipinski definition) is 4. The maximum absolute atomic E-state index is 13.6. The lowest BCUT2D eigenvalue weighted by atomic mass is 10.2. The first-order valence-electron chi connectivity index (χ1n) is 9.44. The van der Waals surface area contributed by atoms with Crippen LogP contribution in [0.4, 0.5) is 14.9 Å². The molecule has 152 valence electrons. The van der Waals surface area contributed by atoms with Gasteiger partial charge in [0.1, 0.15) is 17.6 Å². The van der Waals surface area contributed by atoms with Gasteiger partial charge in [-0.05, 0) is 78.9 Å². The largest absolute Gasteiger partial charge is 0.444 e. The zero-order valence-corrected chi connectivity index (χ0v) is 17.7. The number of carbonyl (C=O) groups is 1. The maximum Gasteiger partial charge on any atom is 0.411 e. The molecule has 1 aromatic rings. The van der Waals surface area contributed by atoms with E-state index in [-0.39, 0.29) is 17.3 Å². The van der Waals surface area contributed by atoms with Crippen LogP contribution in [0.3, 0.4) is 0 Å². The molecule has 0 saturated carbocycles. The van der Waals surface area contributed by atoms with Gasteiger partial charge in [-0.25, -0.2) is 9.18 Å². The quantitative estimate of drug-likeness (QED) is 0.700. The standard InChI is InChI=1S/C20H31ClFN3O2/c1-20(2,3)27-19(26)25-12-6-8-18(25)24(13-7-11-23(4)5)15-9-10-17(22)16(21)14-15/h9-10,14,18H,6-8,11-13H2,1-5H3. The molecule has 0 aliphatic carbocycles. The van der Waals surface area contributed by atoms with Gasteiger partial charge in [-0.2, -0.15) is 0 Å². The van der Waals surface area contributed by atoms with Crippen LogP contribution in [0.5, 0.6) is 0 Å². The van der Waals surface area contributed by atoms with Crippen molar-refractivity contribution >= 4 is 23.4 Å². The molecule has 0 radical (unpaired) electrons. The number of benzene rings is 1. The zero-order valence-electron chi connectivity index (χ0n) is 17.0. The second kappa shape index (κ2) is 9.11. The van der Waals surface area contributed by atoms with Crippen LogP contribution in [0.25, 0.3) is 0 Å². The highest BCUT2D eigenvalue weighted by molar-refractivity contribution is 6.31. The van der Waals surface area contributed by atoms with Gasteiger partial charge in [0.25, 0.3) is 0 Å². The van der Waals surface area contributed by atoms with E-state index in [1.54, 1.807) is 17.0 Å². The molecule has 1 heterocycles. The van der Waals surface area contributed by atoms with Crippen LogP contribution in [0.2, 0.25) is 5.02 Å². The Morgan fingerprint density at radius 2 is 2.04 bits per heavy atom. The number of amides is 1. The minimum Gasteiger partial charge on any atom is -0.444 e. The summed E-state index contributed by atoms with van der Waals surface area (Å²) in [4.78, 5) is 18.7. The molecule has 2 rings (SSSR count). The van der Waals surface area contributed by atoms with Crippen LogP contribution in [-0.2, 0) is 4.74 Å². The second-order valence-corrected chi connectivity index (χ2v) is 8.65. The van der Waals surface area contributed by atoms with Crippen LogP contribution in [0, 0.1) is 5.82 Å². The molecule has 7 heteroatoms. The lowest BCUT2D eigenvalue weighted by Gasteiger charge is -2.37. The lowest BCUT2D eigenvalue weighted by Crippen LogP contribution is -2.49. The number of anilines is 1. The van der Waals surface area contributed by atoms with Gasteiger partial charge in [-0.3, -0.25) is 4.90 Å². The predicted octanol–water partition coefficient (Wildman–Crippen LogP) is 4.59. The fourth-order valence-corrected chi connectivity index (χ4v) is 3.45. The highest BCUT2D eigenvalue weighted by Crippen LogP contribution is 2.30. The fraction of sp³-hybridized carbons (Fsp3) is 0.650. The average molecular weight is 400 g/mol. The summed E-state index contributed by atoms with van der Waals surface area (Å²) in [7, 11) is 4.06. The van der Waals surface area contributed by atoms with E-state index in [0.29, 0.717) is 6.54 Å². The molecule has 1 saturated heterocycles. The van der Waals surface area contributed by atoms with Crippen LogP contribution in [0.15, 0.2) is 18.2 Å². The Morgan fingerprint density at radius 3 is 2.63 bits per heavy atom. The molecule has 27 heavy (non-hydrogen) atoms. The third-order valence-corrected chi connectivity index (χ3v) is 4.74. The van der Waals surface area contributed by atoms with Crippen molar-refractivity contribution in [1.82, 2.24) is 9.80 Å². The minimum atomic E-state index is -0.543. The van der Waals surface area contributed by atoms with Crippen LogP contribution in [-0.4, -0.2) is 61.4 Å². The molecule has 1 aromatic carbocycles. The van der Waals surface area contributed by atoms with E-state index in [1.807, 2.05) is 34.9 Å². The Labute approximate surface area is 167 Å². The van der Waals surface area contributed by atoms with Crippen molar-refractivity contribution in [2.45, 2.75) is 51.8 Å². The van der Waals surface area contributed by atoms with Gasteiger partial charge in [0, 0.05) is 18.8 Å². The maximum atomic E-state index is 13.6. The van der Waals surface area contributed by atoms with Gasteiger partial charge in [-0.15, -0.1) is 0 Å². The van der Waals surface area contributed by atoms with Crippen molar-refractivity contribution in [2.75, 3.05) is 38.6 Å². The minimum absolute atomic E-state index is 0.0897. The first kappa shape index (κ1) is 21.8. The SMILES string of the molecule is CN(C)CCCN(c1ccc(F)c(Cl)c1)C1CCCN1C(=O)OC(C)(C)C. The number of nitrogens with zero attached hydrogens (tertiary/aromatic N) is 3. The summed E-state index contributed by atoms with van der Waals surface area (Å²) in [5.41, 5.74) is 0.278. The number of rotatable bonds is 6. The fourth-order valence-electron chi connectivity index (χ4n) is 3.28. The molecule has 5 nitrogen and oxygen atoms in total. The smallest absolute Gasteiger partial charge is 0.411 e. The Bertz CT molecular complexity index is 649. The Morgan fingerprint density at radius 1 is 1.33 bits per heavy atom. The summed E-state index contributed by atoms with van der Waals surface area (Å²) in [6.45, 7) is 7.91. The molecule has 1 aliphatic rings. The molecule has 1 unspecified atom stereocenters. The van der Waals surface area contributed by atoms with Crippen molar-refractivity contribution in [2.24, 2.45) is 0 Å². The Kier molecular flexibility index (Phi) is 7.34. The summed E-state index contributed by atoms with van der Waals surface area (Å²) in [6, 6.07) is 4.74. The molecule has 0 N–H and O–H groups in total. The number of ether oxygens (including phenoxy) is 1. The van der Waals surface area contributed by atoms with Gasteiger partial charge >= 0.3 is 6.09 Å². The summed E-state index contributed by atoms with van der Waals surface area (Å²) in [6.07, 6.45) is 2.24. The Hall–Kier alpha value is -1.53. The summed E-state index contributed by atoms with van der Waals surface area (Å²) < 4.78 is 19.2. The summed E-state index contributed by atoms with van der Waals surface area (Å²) in [5.74, 6) is -0.441. The van der Waals surface area contributed by atoms with Crippen molar-refractivity contribution in [3.8, 4) is 0 Å². The predicted molar refractivity (Wildman–Crippen MR) is 108 cm³/mol. The third kappa shape index (κ3) is 6.25. The Balaban J connectivity index is 2.24. The van der Waals surface area contributed by atoms with Gasteiger partial charge in [0.05, 0.1) is 5.02 Å². The number of likely N-dealkylation sites (tertiary alicyclic amines) is 1. The normalized spacial score (nSPS) is 17.5. The number of hydrogen-bond donors (Lipinski definition) is 0.